The van der Waals surface area contributed by atoms with Crippen LogP contribution in [0.5, 0.6) is 0 Å². The number of hydrogen-bond acceptors (Lipinski definition) is 3. The summed E-state index contributed by atoms with van der Waals surface area (Å²) >= 11 is 11.5. The van der Waals surface area contributed by atoms with E-state index in [9.17, 15) is 4.79 Å². The van der Waals surface area contributed by atoms with Crippen molar-refractivity contribution < 1.29 is 0 Å². The van der Waals surface area contributed by atoms with Gasteiger partial charge in [-0.1, -0.05) is 30.1 Å². The molecule has 0 spiro atoms. The number of nitrogens with zero attached hydrogens (tertiary/aromatic N) is 4. The predicted octanol–water partition coefficient (Wildman–Crippen LogP) is 2.77. The molecule has 2 aromatic rings. The lowest BCUT2D eigenvalue weighted by molar-refractivity contribution is 0.470. The van der Waals surface area contributed by atoms with Crippen molar-refractivity contribution in [3.05, 3.63) is 44.6 Å². The van der Waals surface area contributed by atoms with Gasteiger partial charge in [0.2, 0.25) is 0 Å². The molecule has 1 atom stereocenters. The summed E-state index contributed by atoms with van der Waals surface area (Å²) in [5.41, 5.74) is 0.348. The molecule has 0 aliphatic heterocycles. The van der Waals surface area contributed by atoms with Gasteiger partial charge in [0.05, 0.1) is 23.5 Å². The minimum absolute atomic E-state index is 0.0157. The zero-order valence-electron chi connectivity index (χ0n) is 10.7. The molecule has 1 unspecified atom stereocenters. The second-order valence-corrected chi connectivity index (χ2v) is 5.10. The fourth-order valence-electron chi connectivity index (χ4n) is 1.61. The third kappa shape index (κ3) is 2.98. The predicted molar refractivity (Wildman–Crippen MR) is 74.8 cm³/mol. The van der Waals surface area contributed by atoms with E-state index in [0.717, 1.165) is 12.1 Å². The van der Waals surface area contributed by atoms with Gasteiger partial charge in [0, 0.05) is 12.2 Å². The minimum Gasteiger partial charge on any atom is -0.270 e. The van der Waals surface area contributed by atoms with Crippen molar-refractivity contribution >= 4 is 23.2 Å². The third-order valence-corrected chi connectivity index (χ3v) is 3.71. The van der Waals surface area contributed by atoms with Crippen LogP contribution in [-0.2, 0) is 6.54 Å². The normalized spacial score (nSPS) is 12.6. The van der Waals surface area contributed by atoms with Gasteiger partial charge >= 0.3 is 0 Å². The van der Waals surface area contributed by atoms with Crippen LogP contribution in [0.1, 0.15) is 32.0 Å². The van der Waals surface area contributed by atoms with Gasteiger partial charge in [-0.2, -0.15) is 10.2 Å². The molecule has 2 rings (SSSR count). The first-order valence-corrected chi connectivity index (χ1v) is 6.73. The molecule has 0 aliphatic rings. The van der Waals surface area contributed by atoms with Crippen molar-refractivity contribution in [3.63, 3.8) is 0 Å². The van der Waals surface area contributed by atoms with E-state index >= 15 is 0 Å². The highest BCUT2D eigenvalue weighted by Gasteiger charge is 2.10. The summed E-state index contributed by atoms with van der Waals surface area (Å²) < 4.78 is 3.12. The molecule has 0 aliphatic carbocycles. The van der Waals surface area contributed by atoms with E-state index in [2.05, 4.69) is 24.0 Å². The smallest absolute Gasteiger partial charge is 0.270 e. The highest BCUT2D eigenvalue weighted by molar-refractivity contribution is 6.41. The molecule has 0 bridgehead atoms. The van der Waals surface area contributed by atoms with Crippen LogP contribution in [0.4, 0.5) is 0 Å². The summed E-state index contributed by atoms with van der Waals surface area (Å²) in [6, 6.07) is 2.19. The van der Waals surface area contributed by atoms with Crippen LogP contribution in [0.2, 0.25) is 10.0 Å². The van der Waals surface area contributed by atoms with Gasteiger partial charge in [0.1, 0.15) is 5.02 Å². The molecule has 0 radical (unpaired) electrons. The summed E-state index contributed by atoms with van der Waals surface area (Å²) in [6.07, 6.45) is 4.25. The number of hydrogen-bond donors (Lipinski definition) is 0. The average molecular weight is 301 g/mol. The van der Waals surface area contributed by atoms with Crippen LogP contribution >= 0.6 is 23.2 Å². The van der Waals surface area contributed by atoms with E-state index in [0.29, 0.717) is 6.04 Å². The van der Waals surface area contributed by atoms with Crippen LogP contribution in [0, 0.1) is 0 Å². The second kappa shape index (κ2) is 5.75. The lowest BCUT2D eigenvalue weighted by Gasteiger charge is -2.08. The molecule has 102 valence electrons. The molecule has 19 heavy (non-hydrogen) atoms. The van der Waals surface area contributed by atoms with Crippen molar-refractivity contribution in [1.82, 2.24) is 19.6 Å². The maximum absolute atomic E-state index is 11.8. The number of halogens is 2. The zero-order valence-corrected chi connectivity index (χ0v) is 12.2. The van der Waals surface area contributed by atoms with Crippen LogP contribution in [0.3, 0.4) is 0 Å². The molecule has 0 saturated heterocycles. The largest absolute Gasteiger partial charge is 0.287 e. The van der Waals surface area contributed by atoms with Crippen molar-refractivity contribution in [3.8, 4) is 0 Å². The van der Waals surface area contributed by atoms with Gasteiger partial charge in [0.25, 0.3) is 5.56 Å². The van der Waals surface area contributed by atoms with Crippen molar-refractivity contribution in [1.29, 1.82) is 0 Å². The quantitative estimate of drug-likeness (QED) is 0.872. The van der Waals surface area contributed by atoms with E-state index in [-0.39, 0.29) is 16.6 Å². The topological polar surface area (TPSA) is 52.7 Å². The van der Waals surface area contributed by atoms with Crippen LogP contribution in [0.25, 0.3) is 0 Å². The molecule has 0 saturated carbocycles. The van der Waals surface area contributed by atoms with Gasteiger partial charge in [-0.3, -0.25) is 9.48 Å². The van der Waals surface area contributed by atoms with E-state index < -0.39 is 5.56 Å². The molecule has 0 N–H and O–H groups in total. The summed E-state index contributed by atoms with van der Waals surface area (Å²) in [7, 11) is 0. The van der Waals surface area contributed by atoms with Crippen molar-refractivity contribution in [2.24, 2.45) is 0 Å². The van der Waals surface area contributed by atoms with Crippen LogP contribution in [0.15, 0.2) is 23.3 Å². The first-order valence-electron chi connectivity index (χ1n) is 5.98. The Morgan fingerprint density at radius 3 is 2.84 bits per heavy atom. The lowest BCUT2D eigenvalue weighted by atomic mass is 10.3. The maximum atomic E-state index is 11.8. The van der Waals surface area contributed by atoms with Crippen LogP contribution < -0.4 is 5.56 Å². The lowest BCUT2D eigenvalue weighted by Crippen LogP contribution is -2.24. The minimum atomic E-state index is -0.410. The SMILES string of the molecule is CCC(C)n1ccc(Cn2ncc(Cl)c(Cl)c2=O)n1. The molecule has 0 amide bonds. The molecule has 2 aromatic heterocycles. The van der Waals surface area contributed by atoms with Crippen molar-refractivity contribution in [2.75, 3.05) is 0 Å². The first-order chi connectivity index (χ1) is 9.02. The molecule has 0 fully saturated rings. The number of aromatic nitrogens is 4. The Hall–Kier alpha value is -1.33. The van der Waals surface area contributed by atoms with Gasteiger partial charge < -0.3 is 0 Å². The second-order valence-electron chi connectivity index (χ2n) is 4.31. The molecular formula is C12H14Cl2N4O. The van der Waals surface area contributed by atoms with E-state index in [1.54, 1.807) is 0 Å². The molecule has 7 heteroatoms. The van der Waals surface area contributed by atoms with Crippen LogP contribution in [-0.4, -0.2) is 19.6 Å². The Morgan fingerprint density at radius 2 is 2.16 bits per heavy atom. The third-order valence-electron chi connectivity index (χ3n) is 2.96. The van der Waals surface area contributed by atoms with E-state index in [1.165, 1.54) is 10.9 Å². The van der Waals surface area contributed by atoms with E-state index in [1.807, 2.05) is 16.9 Å². The van der Waals surface area contributed by atoms with Gasteiger partial charge in [-0.05, 0) is 19.4 Å². The zero-order chi connectivity index (χ0) is 14.0. The Bertz CT molecular complexity index is 635. The molecular weight excluding hydrogens is 287 g/mol. The number of rotatable bonds is 4. The van der Waals surface area contributed by atoms with Gasteiger partial charge in [0.15, 0.2) is 0 Å². The standard InChI is InChI=1S/C12H14Cl2N4O/c1-3-8(2)17-5-4-9(16-17)7-18-12(19)11(14)10(13)6-15-18/h4-6,8H,3,7H2,1-2H3. The monoisotopic (exact) mass is 300 g/mol. The molecule has 5 nitrogen and oxygen atoms in total. The fraction of sp³-hybridized carbons (Fsp3) is 0.417. The van der Waals surface area contributed by atoms with Gasteiger partial charge in [-0.25, -0.2) is 4.68 Å². The Morgan fingerprint density at radius 1 is 1.42 bits per heavy atom. The summed E-state index contributed by atoms with van der Waals surface area (Å²) in [6.45, 7) is 4.45. The summed E-state index contributed by atoms with van der Waals surface area (Å²) in [4.78, 5) is 11.8. The molecule has 2 heterocycles. The Balaban J connectivity index is 2.25. The fourth-order valence-corrected chi connectivity index (χ4v) is 1.88. The highest BCUT2D eigenvalue weighted by atomic mass is 35.5. The average Bonchev–Trinajstić information content (AvgIpc) is 2.87. The highest BCUT2D eigenvalue weighted by Crippen LogP contribution is 2.15. The Kier molecular flexibility index (Phi) is 4.27. The maximum Gasteiger partial charge on any atom is 0.287 e. The van der Waals surface area contributed by atoms with Gasteiger partial charge in [-0.15, -0.1) is 0 Å². The first kappa shape index (κ1) is 14.1. The summed E-state index contributed by atoms with van der Waals surface area (Å²) in [5, 5.41) is 8.50. The Labute approximate surface area is 120 Å². The summed E-state index contributed by atoms with van der Waals surface area (Å²) in [5.74, 6) is 0. The molecule has 0 aromatic carbocycles. The van der Waals surface area contributed by atoms with E-state index in [4.69, 9.17) is 23.2 Å². The van der Waals surface area contributed by atoms with Crippen molar-refractivity contribution in [2.45, 2.75) is 32.9 Å².